The summed E-state index contributed by atoms with van der Waals surface area (Å²) < 4.78 is 0. The van der Waals surface area contributed by atoms with Gasteiger partial charge in [-0.15, -0.1) is 0 Å². The molecule has 0 saturated heterocycles. The third-order valence-electron chi connectivity index (χ3n) is 4.43. The van der Waals surface area contributed by atoms with Crippen molar-refractivity contribution in [3.05, 3.63) is 0 Å². The summed E-state index contributed by atoms with van der Waals surface area (Å²) in [4.78, 5) is 0. The molecule has 0 aromatic carbocycles. The Morgan fingerprint density at radius 3 is 1.23 bits per heavy atom. The molecule has 0 rings (SSSR count). The number of thioether (sulfide) groups is 1. The van der Waals surface area contributed by atoms with Gasteiger partial charge in [-0.25, -0.2) is 0 Å². The average Bonchev–Trinajstić information content (AvgIpc) is 2.54. The van der Waals surface area contributed by atoms with Gasteiger partial charge in [0.1, 0.15) is 0 Å². The van der Waals surface area contributed by atoms with Gasteiger partial charge in [-0.05, 0) is 12.2 Å². The molecule has 0 amide bonds. The molecule has 3 N–H and O–H groups in total. The molecule has 2 heteroatoms. The summed E-state index contributed by atoms with van der Waals surface area (Å²) in [5.41, 5.74) is 3.88. The van der Waals surface area contributed by atoms with Crippen LogP contribution in [0.5, 0.6) is 0 Å². The molecule has 0 atom stereocenters. The molecule has 0 aromatic rings. The van der Waals surface area contributed by atoms with Crippen LogP contribution >= 0.6 is 11.8 Å². The van der Waals surface area contributed by atoms with Crippen molar-refractivity contribution in [3.63, 3.8) is 0 Å². The number of hydrogen-bond donors (Lipinski definition) is 1. The van der Waals surface area contributed by atoms with Crippen molar-refractivity contribution in [2.75, 3.05) is 18.1 Å². The first kappa shape index (κ1) is 22.3. The van der Waals surface area contributed by atoms with Gasteiger partial charge in [0, 0.05) is 5.75 Å². The average molecular weight is 331 g/mol. The standard InChI is InChI=1S/C20H43NS/c1-2-3-4-5-6-7-8-9-10-11-12-13-14-15-16-17-19-22-20-18-21/h2-21H2,1H3/p+1. The van der Waals surface area contributed by atoms with Crippen LogP contribution in [0, 0.1) is 0 Å². The Morgan fingerprint density at radius 1 is 0.500 bits per heavy atom. The number of rotatable bonds is 19. The van der Waals surface area contributed by atoms with Gasteiger partial charge >= 0.3 is 0 Å². The van der Waals surface area contributed by atoms with Crippen molar-refractivity contribution in [2.45, 2.75) is 110 Å². The Balaban J connectivity index is 2.91. The molecule has 0 heterocycles. The van der Waals surface area contributed by atoms with E-state index in [9.17, 15) is 0 Å². The lowest BCUT2D eigenvalue weighted by molar-refractivity contribution is -0.360. The lowest BCUT2D eigenvalue weighted by Gasteiger charge is -2.03. The summed E-state index contributed by atoms with van der Waals surface area (Å²) >= 11 is 2.08. The van der Waals surface area contributed by atoms with Crippen LogP contribution < -0.4 is 5.73 Å². The number of hydrogen-bond acceptors (Lipinski definition) is 1. The molecule has 0 fully saturated rings. The van der Waals surface area contributed by atoms with Crippen LogP contribution in [0.2, 0.25) is 0 Å². The predicted octanol–water partition coefficient (Wildman–Crippen LogP) is 6.22. The van der Waals surface area contributed by atoms with Crippen LogP contribution in [0.4, 0.5) is 0 Å². The molecule has 0 saturated carbocycles. The minimum atomic E-state index is 1.09. The van der Waals surface area contributed by atoms with Crippen LogP contribution in [0.15, 0.2) is 0 Å². The minimum absolute atomic E-state index is 1.09. The van der Waals surface area contributed by atoms with Crippen LogP contribution in [-0.2, 0) is 0 Å². The molecule has 134 valence electrons. The van der Waals surface area contributed by atoms with Gasteiger partial charge in [0.15, 0.2) is 0 Å². The first-order valence-electron chi connectivity index (χ1n) is 10.3. The van der Waals surface area contributed by atoms with Crippen LogP contribution in [0.25, 0.3) is 0 Å². The third-order valence-corrected chi connectivity index (χ3v) is 5.59. The number of unbranched alkanes of at least 4 members (excludes halogenated alkanes) is 15. The van der Waals surface area contributed by atoms with E-state index in [4.69, 9.17) is 0 Å². The van der Waals surface area contributed by atoms with Crippen molar-refractivity contribution >= 4 is 11.8 Å². The van der Waals surface area contributed by atoms with Crippen molar-refractivity contribution < 1.29 is 5.73 Å². The second-order valence-corrected chi connectivity index (χ2v) is 7.99. The Kier molecular flexibility index (Phi) is 21.6. The van der Waals surface area contributed by atoms with E-state index in [0.717, 1.165) is 6.54 Å². The van der Waals surface area contributed by atoms with Crippen LogP contribution in [0.1, 0.15) is 110 Å². The van der Waals surface area contributed by atoms with Gasteiger partial charge in [-0.1, -0.05) is 103 Å². The first-order valence-corrected chi connectivity index (χ1v) is 11.4. The highest BCUT2D eigenvalue weighted by atomic mass is 32.2. The minimum Gasteiger partial charge on any atom is -0.357 e. The van der Waals surface area contributed by atoms with Crippen LogP contribution in [-0.4, -0.2) is 18.1 Å². The molecule has 0 bridgehead atoms. The second-order valence-electron chi connectivity index (χ2n) is 6.77. The van der Waals surface area contributed by atoms with Gasteiger partial charge in [0.25, 0.3) is 0 Å². The van der Waals surface area contributed by atoms with Gasteiger partial charge in [-0.2, -0.15) is 11.8 Å². The van der Waals surface area contributed by atoms with E-state index in [1.54, 1.807) is 0 Å². The smallest absolute Gasteiger partial charge is 0.0831 e. The Labute approximate surface area is 145 Å². The molecular formula is C20H44NS+. The summed E-state index contributed by atoms with van der Waals surface area (Å²) in [6.45, 7) is 3.38. The van der Waals surface area contributed by atoms with Crippen LogP contribution in [0.3, 0.4) is 0 Å². The normalized spacial score (nSPS) is 11.2. The van der Waals surface area contributed by atoms with E-state index < -0.39 is 0 Å². The summed E-state index contributed by atoms with van der Waals surface area (Å²) in [6.07, 6.45) is 23.4. The van der Waals surface area contributed by atoms with E-state index in [2.05, 4.69) is 24.4 Å². The van der Waals surface area contributed by atoms with E-state index in [1.165, 1.54) is 114 Å². The predicted molar refractivity (Wildman–Crippen MR) is 105 cm³/mol. The van der Waals surface area contributed by atoms with Gasteiger partial charge < -0.3 is 5.73 Å². The molecule has 0 aromatic heterocycles. The SMILES string of the molecule is CCCCCCCCCCCCCCCCCCSCC[NH3+]. The molecular weight excluding hydrogens is 286 g/mol. The third kappa shape index (κ3) is 20.3. The molecule has 0 aliphatic heterocycles. The van der Waals surface area contributed by atoms with E-state index >= 15 is 0 Å². The lowest BCUT2D eigenvalue weighted by Crippen LogP contribution is -2.51. The molecule has 22 heavy (non-hydrogen) atoms. The lowest BCUT2D eigenvalue weighted by atomic mass is 10.0. The van der Waals surface area contributed by atoms with Crippen molar-refractivity contribution in [3.8, 4) is 0 Å². The van der Waals surface area contributed by atoms with Crippen molar-refractivity contribution in [1.29, 1.82) is 0 Å². The molecule has 1 nitrogen and oxygen atoms in total. The fourth-order valence-electron chi connectivity index (χ4n) is 2.96. The fraction of sp³-hybridized carbons (Fsp3) is 1.00. The monoisotopic (exact) mass is 330 g/mol. The zero-order valence-corrected chi connectivity index (χ0v) is 16.4. The van der Waals surface area contributed by atoms with Gasteiger partial charge in [0.05, 0.1) is 6.54 Å². The maximum absolute atomic E-state index is 3.88. The largest absolute Gasteiger partial charge is 0.357 e. The van der Waals surface area contributed by atoms with Gasteiger partial charge in [-0.3, -0.25) is 0 Å². The summed E-state index contributed by atoms with van der Waals surface area (Å²) in [7, 11) is 0. The van der Waals surface area contributed by atoms with Crippen molar-refractivity contribution in [1.82, 2.24) is 0 Å². The Morgan fingerprint density at radius 2 is 0.864 bits per heavy atom. The molecule has 0 spiro atoms. The van der Waals surface area contributed by atoms with E-state index in [1.807, 2.05) is 0 Å². The maximum atomic E-state index is 3.88. The summed E-state index contributed by atoms with van der Waals surface area (Å²) in [5.74, 6) is 2.60. The Bertz CT molecular complexity index is 165. The fourth-order valence-corrected chi connectivity index (χ4v) is 3.77. The molecule has 0 aliphatic rings. The molecule has 0 unspecified atom stereocenters. The zero-order chi connectivity index (χ0) is 16.1. The summed E-state index contributed by atoms with van der Waals surface area (Å²) in [5, 5.41) is 0. The summed E-state index contributed by atoms with van der Waals surface area (Å²) in [6, 6.07) is 0. The Hall–Kier alpha value is 0.310. The topological polar surface area (TPSA) is 27.6 Å². The van der Waals surface area contributed by atoms with E-state index in [-0.39, 0.29) is 0 Å². The maximum Gasteiger partial charge on any atom is 0.0831 e. The first-order chi connectivity index (χ1) is 10.9. The highest BCUT2D eigenvalue weighted by Gasteiger charge is 1.95. The van der Waals surface area contributed by atoms with Crippen molar-refractivity contribution in [2.24, 2.45) is 0 Å². The molecule has 0 aliphatic carbocycles. The quantitative estimate of drug-likeness (QED) is 0.280. The highest BCUT2D eigenvalue weighted by molar-refractivity contribution is 7.99. The molecule has 0 radical (unpaired) electrons. The zero-order valence-electron chi connectivity index (χ0n) is 15.6. The second kappa shape index (κ2) is 21.3. The highest BCUT2D eigenvalue weighted by Crippen LogP contribution is 2.14. The van der Waals surface area contributed by atoms with Gasteiger partial charge in [0.2, 0.25) is 0 Å². The number of quaternary nitrogens is 1. The van der Waals surface area contributed by atoms with E-state index in [0.29, 0.717) is 0 Å².